The van der Waals surface area contributed by atoms with Gasteiger partial charge in [-0.2, -0.15) is 0 Å². The Morgan fingerprint density at radius 1 is 1.03 bits per heavy atom. The van der Waals surface area contributed by atoms with E-state index in [0.717, 1.165) is 45.2 Å². The van der Waals surface area contributed by atoms with Gasteiger partial charge in [-0.3, -0.25) is 14.1 Å². The lowest BCUT2D eigenvalue weighted by molar-refractivity contribution is 0.0993. The highest BCUT2D eigenvalue weighted by molar-refractivity contribution is 6.30. The Morgan fingerprint density at radius 3 is 2.56 bits per heavy atom. The summed E-state index contributed by atoms with van der Waals surface area (Å²) in [5.74, 6) is 1.18. The maximum atomic E-state index is 14.1. The zero-order valence-electron chi connectivity index (χ0n) is 20.2. The molecule has 0 saturated carbocycles. The summed E-state index contributed by atoms with van der Waals surface area (Å²) in [7, 11) is 3.57. The molecule has 0 fully saturated rings. The van der Waals surface area contributed by atoms with Gasteiger partial charge in [0.15, 0.2) is 5.65 Å². The number of nitrogens with zero attached hydrogens (tertiary/aromatic N) is 6. The van der Waals surface area contributed by atoms with Gasteiger partial charge >= 0.3 is 0 Å². The SMILES string of the molecule is COc1ncccc1-c1cc2c(n1C)[C@H](c1ccc(Cl)cc1)N(c1cc(C)c3nnc(C)n3c1)C2=O. The highest BCUT2D eigenvalue weighted by atomic mass is 35.5. The van der Waals surface area contributed by atoms with Crippen LogP contribution in [0.2, 0.25) is 5.02 Å². The molecule has 4 aromatic heterocycles. The van der Waals surface area contributed by atoms with E-state index in [-0.39, 0.29) is 11.9 Å². The molecule has 180 valence electrons. The van der Waals surface area contributed by atoms with Crippen molar-refractivity contribution < 1.29 is 9.53 Å². The van der Waals surface area contributed by atoms with Gasteiger partial charge in [0, 0.05) is 24.5 Å². The summed E-state index contributed by atoms with van der Waals surface area (Å²) < 4.78 is 9.49. The first-order valence-electron chi connectivity index (χ1n) is 11.5. The van der Waals surface area contributed by atoms with E-state index in [9.17, 15) is 4.79 Å². The Bertz CT molecular complexity index is 1650. The van der Waals surface area contributed by atoms with Gasteiger partial charge in [0.25, 0.3) is 5.91 Å². The van der Waals surface area contributed by atoms with Crippen molar-refractivity contribution >= 4 is 28.8 Å². The number of hydrogen-bond acceptors (Lipinski definition) is 5. The summed E-state index contributed by atoms with van der Waals surface area (Å²) in [6.45, 7) is 3.87. The fraction of sp³-hybridized carbons (Fsp3) is 0.185. The number of hydrogen-bond donors (Lipinski definition) is 0. The minimum Gasteiger partial charge on any atom is -0.481 e. The van der Waals surface area contributed by atoms with Gasteiger partial charge in [0.2, 0.25) is 5.88 Å². The predicted molar refractivity (Wildman–Crippen MR) is 138 cm³/mol. The molecule has 1 amide bonds. The molecule has 1 atom stereocenters. The molecule has 5 heterocycles. The maximum Gasteiger partial charge on any atom is 0.261 e. The predicted octanol–water partition coefficient (Wildman–Crippen LogP) is 5.16. The molecule has 1 aliphatic heterocycles. The van der Waals surface area contributed by atoms with E-state index in [1.165, 1.54) is 0 Å². The van der Waals surface area contributed by atoms with Crippen LogP contribution in [0, 0.1) is 13.8 Å². The van der Waals surface area contributed by atoms with Crippen LogP contribution in [0.1, 0.15) is 39.0 Å². The van der Waals surface area contributed by atoms with E-state index >= 15 is 0 Å². The second kappa shape index (κ2) is 8.20. The highest BCUT2D eigenvalue weighted by Crippen LogP contribution is 2.45. The quantitative estimate of drug-likeness (QED) is 0.342. The number of methoxy groups -OCH3 is 1. The number of rotatable bonds is 4. The second-order valence-electron chi connectivity index (χ2n) is 8.90. The first-order chi connectivity index (χ1) is 17.4. The van der Waals surface area contributed by atoms with E-state index in [2.05, 4.69) is 19.7 Å². The molecular formula is C27H23ClN6O2. The van der Waals surface area contributed by atoms with E-state index in [0.29, 0.717) is 16.5 Å². The number of carbonyl (C=O) groups excluding carboxylic acids is 1. The number of aryl methyl sites for hydroxylation is 2. The number of amides is 1. The third kappa shape index (κ3) is 3.21. The molecule has 5 aromatic rings. The minimum atomic E-state index is -0.361. The lowest BCUT2D eigenvalue weighted by Gasteiger charge is -2.28. The van der Waals surface area contributed by atoms with Crippen LogP contribution in [-0.4, -0.2) is 37.2 Å². The fourth-order valence-electron chi connectivity index (χ4n) is 5.09. The van der Waals surface area contributed by atoms with Gasteiger partial charge in [-0.25, -0.2) is 4.98 Å². The summed E-state index contributed by atoms with van der Waals surface area (Å²) >= 11 is 6.22. The monoisotopic (exact) mass is 498 g/mol. The maximum absolute atomic E-state index is 14.1. The molecule has 1 aromatic carbocycles. The molecule has 0 radical (unpaired) electrons. The van der Waals surface area contributed by atoms with Crippen LogP contribution in [-0.2, 0) is 7.05 Å². The van der Waals surface area contributed by atoms with Crippen molar-refractivity contribution in [2.45, 2.75) is 19.9 Å². The van der Waals surface area contributed by atoms with Crippen molar-refractivity contribution in [2.24, 2.45) is 7.05 Å². The number of pyridine rings is 2. The van der Waals surface area contributed by atoms with Crippen LogP contribution >= 0.6 is 11.6 Å². The summed E-state index contributed by atoms with van der Waals surface area (Å²) in [6, 6.07) is 15.0. The first kappa shape index (κ1) is 22.3. The smallest absolute Gasteiger partial charge is 0.261 e. The zero-order chi connectivity index (χ0) is 25.1. The number of halogens is 1. The Labute approximate surface area is 212 Å². The molecule has 1 aliphatic rings. The largest absolute Gasteiger partial charge is 0.481 e. The van der Waals surface area contributed by atoms with Gasteiger partial charge in [0.05, 0.1) is 35.3 Å². The Hall–Kier alpha value is -4.17. The average molecular weight is 499 g/mol. The van der Waals surface area contributed by atoms with E-state index in [1.54, 1.807) is 13.3 Å². The van der Waals surface area contributed by atoms with E-state index in [4.69, 9.17) is 16.3 Å². The van der Waals surface area contributed by atoms with Crippen LogP contribution in [0.4, 0.5) is 5.69 Å². The van der Waals surface area contributed by atoms with Crippen molar-refractivity contribution in [2.75, 3.05) is 12.0 Å². The molecule has 0 spiro atoms. The van der Waals surface area contributed by atoms with Crippen LogP contribution in [0.5, 0.6) is 5.88 Å². The van der Waals surface area contributed by atoms with Crippen molar-refractivity contribution in [1.82, 2.24) is 24.1 Å². The minimum absolute atomic E-state index is 0.0841. The lowest BCUT2D eigenvalue weighted by atomic mass is 10.0. The molecule has 0 bridgehead atoms. The normalized spacial score (nSPS) is 15.1. The third-order valence-electron chi connectivity index (χ3n) is 6.80. The van der Waals surface area contributed by atoms with Gasteiger partial charge in [0.1, 0.15) is 11.9 Å². The second-order valence-corrected chi connectivity index (χ2v) is 9.34. The number of anilines is 1. The lowest BCUT2D eigenvalue weighted by Crippen LogP contribution is -2.30. The number of aromatic nitrogens is 5. The fourth-order valence-corrected chi connectivity index (χ4v) is 5.22. The number of ether oxygens (including phenoxy) is 1. The highest BCUT2D eigenvalue weighted by Gasteiger charge is 2.42. The topological polar surface area (TPSA) is 77.6 Å². The van der Waals surface area contributed by atoms with E-state index < -0.39 is 0 Å². The van der Waals surface area contributed by atoms with Crippen molar-refractivity contribution in [3.63, 3.8) is 0 Å². The van der Waals surface area contributed by atoms with Gasteiger partial charge < -0.3 is 9.30 Å². The van der Waals surface area contributed by atoms with E-state index in [1.807, 2.05) is 84.9 Å². The number of carbonyl (C=O) groups is 1. The van der Waals surface area contributed by atoms with Crippen LogP contribution < -0.4 is 9.64 Å². The van der Waals surface area contributed by atoms with Gasteiger partial charge in [-0.1, -0.05) is 23.7 Å². The average Bonchev–Trinajstić information content (AvgIpc) is 3.51. The van der Waals surface area contributed by atoms with Crippen molar-refractivity contribution in [3.8, 4) is 17.1 Å². The summed E-state index contributed by atoms with van der Waals surface area (Å²) in [5.41, 5.74) is 6.64. The first-order valence-corrected chi connectivity index (χ1v) is 11.9. The number of benzene rings is 1. The molecule has 0 saturated heterocycles. The summed E-state index contributed by atoms with van der Waals surface area (Å²) in [6.07, 6.45) is 3.61. The Kier molecular flexibility index (Phi) is 5.08. The molecule has 0 unspecified atom stereocenters. The molecule has 8 nitrogen and oxygen atoms in total. The molecule has 0 aliphatic carbocycles. The molecule has 6 rings (SSSR count). The van der Waals surface area contributed by atoms with Crippen LogP contribution in [0.25, 0.3) is 16.9 Å². The van der Waals surface area contributed by atoms with Crippen LogP contribution in [0.15, 0.2) is 60.9 Å². The number of fused-ring (bicyclic) bond motifs is 2. The molecule has 9 heteroatoms. The van der Waals surface area contributed by atoms with Crippen molar-refractivity contribution in [1.29, 1.82) is 0 Å². The third-order valence-corrected chi connectivity index (χ3v) is 7.05. The Morgan fingerprint density at radius 2 is 1.81 bits per heavy atom. The standard InChI is InChI=1S/C27H23ClN6O2/c1-15-12-19(14-33-16(2)30-31-25(15)33)34-23(17-7-9-18(28)10-8-17)24-21(27(34)35)13-22(32(24)3)20-6-5-11-29-26(20)36-4/h5-14,23H,1-4H3/t23-/m0/s1. The van der Waals surface area contributed by atoms with Crippen LogP contribution in [0.3, 0.4) is 0 Å². The summed E-state index contributed by atoms with van der Waals surface area (Å²) in [4.78, 5) is 20.3. The molecule has 36 heavy (non-hydrogen) atoms. The Balaban J connectivity index is 1.58. The van der Waals surface area contributed by atoms with Crippen molar-refractivity contribution in [3.05, 3.63) is 94.2 Å². The molecule has 0 N–H and O–H groups in total. The van der Waals surface area contributed by atoms with Gasteiger partial charge in [-0.05, 0) is 61.4 Å². The zero-order valence-corrected chi connectivity index (χ0v) is 21.0. The summed E-state index contributed by atoms with van der Waals surface area (Å²) in [5, 5.41) is 9.12. The van der Waals surface area contributed by atoms with Gasteiger partial charge in [-0.15, -0.1) is 10.2 Å². The molecular weight excluding hydrogens is 476 g/mol.